The van der Waals surface area contributed by atoms with Gasteiger partial charge in [-0.05, 0) is 30.4 Å². The maximum Gasteiger partial charge on any atom is 0.279 e. The number of carbonyl (C=O) groups is 1. The van der Waals surface area contributed by atoms with Gasteiger partial charge in [0.05, 0.1) is 18.3 Å². The maximum absolute atomic E-state index is 10.9. The number of thioether (sulfide) groups is 2. The number of nitrogens with zero attached hydrogens (tertiary/aromatic N) is 2. The van der Waals surface area contributed by atoms with Crippen LogP contribution in [-0.2, 0) is 8.87 Å². The molecule has 0 amide bonds. The van der Waals surface area contributed by atoms with Crippen molar-refractivity contribution in [3.63, 3.8) is 0 Å². The Hall–Kier alpha value is -0.990. The van der Waals surface area contributed by atoms with Crippen LogP contribution in [0.2, 0.25) is 0 Å². The molecule has 0 N–H and O–H groups in total. The van der Waals surface area contributed by atoms with Gasteiger partial charge in [-0.3, -0.25) is 0 Å². The molecule has 8 heteroatoms. The van der Waals surface area contributed by atoms with Crippen LogP contribution in [0.5, 0.6) is 11.8 Å². The molecule has 1 saturated heterocycles. The number of aldehydes is 1. The molecule has 3 rings (SSSR count). The smallest absolute Gasteiger partial charge is 0.279 e. The van der Waals surface area contributed by atoms with Crippen molar-refractivity contribution in [3.05, 3.63) is 10.9 Å². The molecule has 0 atom stereocenters. The van der Waals surface area contributed by atoms with Gasteiger partial charge in [0.1, 0.15) is 16.6 Å². The molecule has 124 valence electrons. The van der Waals surface area contributed by atoms with Gasteiger partial charge in [0.25, 0.3) is 11.8 Å². The van der Waals surface area contributed by atoms with Crippen LogP contribution < -0.4 is 9.47 Å². The number of carbonyl (C=O) groups excluding carboxylic acids is 1. The van der Waals surface area contributed by atoms with Gasteiger partial charge in [0.2, 0.25) is 0 Å². The van der Waals surface area contributed by atoms with Gasteiger partial charge in [-0.15, -0.1) is 34.9 Å². The minimum absolute atomic E-state index is 0.0628. The Labute approximate surface area is 147 Å². The summed E-state index contributed by atoms with van der Waals surface area (Å²) < 4.78 is 10.4. The quantitative estimate of drug-likeness (QED) is 0.718. The van der Waals surface area contributed by atoms with E-state index in [9.17, 15) is 4.79 Å². The van der Waals surface area contributed by atoms with Crippen LogP contribution in [0.25, 0.3) is 10.3 Å². The van der Waals surface area contributed by atoms with Gasteiger partial charge < -0.3 is 14.3 Å². The molecule has 0 saturated carbocycles. The first-order chi connectivity index (χ1) is 11.2. The van der Waals surface area contributed by atoms with Crippen LogP contribution in [-0.4, -0.2) is 42.0 Å². The van der Waals surface area contributed by atoms with Gasteiger partial charge in [-0.2, -0.15) is 4.98 Å². The number of aromatic nitrogens is 2. The number of fused-ring (bicyclic) bond motifs is 1. The molecular weight excluding hydrogens is 352 g/mol. The number of ether oxygens (including phenoxy) is 2. The minimum atomic E-state index is -0.0628. The molecule has 23 heavy (non-hydrogen) atoms. The summed E-state index contributed by atoms with van der Waals surface area (Å²) >= 11 is 5.51. The molecular formula is C15H18N2O3S3. The van der Waals surface area contributed by atoms with E-state index in [0.717, 1.165) is 34.6 Å². The molecule has 5 nitrogen and oxygen atoms in total. The second-order valence-corrected chi connectivity index (χ2v) is 9.13. The summed E-state index contributed by atoms with van der Waals surface area (Å²) in [4.78, 5) is 22.0. The Morgan fingerprint density at radius 1 is 1.22 bits per heavy atom. The van der Waals surface area contributed by atoms with Crippen molar-refractivity contribution in [3.8, 4) is 11.8 Å². The van der Waals surface area contributed by atoms with E-state index < -0.39 is 0 Å². The first-order valence-corrected chi connectivity index (χ1v) is 10.1. The van der Waals surface area contributed by atoms with Crippen molar-refractivity contribution in [1.82, 2.24) is 9.97 Å². The third-order valence-electron chi connectivity index (χ3n) is 3.61. The largest absolute Gasteiger partial charge is 0.477 e. The van der Waals surface area contributed by atoms with E-state index in [1.807, 2.05) is 23.5 Å². The van der Waals surface area contributed by atoms with E-state index in [0.29, 0.717) is 18.2 Å². The fraction of sp³-hybridized carbons (Fsp3) is 0.533. The molecule has 0 spiro atoms. The van der Waals surface area contributed by atoms with Crippen LogP contribution in [0.1, 0.15) is 24.1 Å². The third-order valence-corrected chi connectivity index (χ3v) is 8.53. The Kier molecular flexibility index (Phi) is 5.33. The summed E-state index contributed by atoms with van der Waals surface area (Å²) in [6.07, 6.45) is 3.63. The molecule has 0 unspecified atom stereocenters. The maximum atomic E-state index is 10.9. The molecule has 1 aliphatic heterocycles. The van der Waals surface area contributed by atoms with Gasteiger partial charge in [0, 0.05) is 11.3 Å². The second-order valence-electron chi connectivity index (χ2n) is 5.05. The normalized spacial score (nSPS) is 17.1. The number of methoxy groups -OCH3 is 2. The van der Waals surface area contributed by atoms with E-state index in [2.05, 4.69) is 16.0 Å². The van der Waals surface area contributed by atoms with Crippen LogP contribution in [0, 0.1) is 0 Å². The highest BCUT2D eigenvalue weighted by Crippen LogP contribution is 2.55. The highest BCUT2D eigenvalue weighted by Gasteiger charge is 2.37. The lowest BCUT2D eigenvalue weighted by Gasteiger charge is -2.34. The highest BCUT2D eigenvalue weighted by atomic mass is 32.2. The number of hydrogen-bond acceptors (Lipinski definition) is 8. The SMILES string of the molecule is COc1nc2cc(C3(CCC=O)SCCCS3)sc2nc1OC. The van der Waals surface area contributed by atoms with E-state index in [-0.39, 0.29) is 4.08 Å². The van der Waals surface area contributed by atoms with E-state index in [1.165, 1.54) is 11.3 Å². The monoisotopic (exact) mass is 370 g/mol. The molecule has 0 aromatic carbocycles. The fourth-order valence-electron chi connectivity index (χ4n) is 2.52. The van der Waals surface area contributed by atoms with Crippen LogP contribution >= 0.6 is 34.9 Å². The predicted octanol–water partition coefficient (Wildman–Crippen LogP) is 3.71. The molecule has 2 aromatic heterocycles. The van der Waals surface area contributed by atoms with E-state index >= 15 is 0 Å². The second kappa shape index (κ2) is 7.27. The average Bonchev–Trinajstić information content (AvgIpc) is 3.03. The third kappa shape index (κ3) is 3.29. The topological polar surface area (TPSA) is 61.3 Å². The predicted molar refractivity (Wildman–Crippen MR) is 97.0 cm³/mol. The Morgan fingerprint density at radius 3 is 2.57 bits per heavy atom. The number of rotatable bonds is 6. The van der Waals surface area contributed by atoms with Crippen molar-refractivity contribution in [2.75, 3.05) is 25.7 Å². The molecule has 1 fully saturated rings. The van der Waals surface area contributed by atoms with Crippen molar-refractivity contribution in [1.29, 1.82) is 0 Å². The zero-order valence-electron chi connectivity index (χ0n) is 13.0. The Balaban J connectivity index is 2.04. The summed E-state index contributed by atoms with van der Waals surface area (Å²) in [6, 6.07) is 2.09. The molecule has 0 bridgehead atoms. The average molecular weight is 371 g/mol. The molecule has 3 heterocycles. The van der Waals surface area contributed by atoms with E-state index in [1.54, 1.807) is 25.6 Å². The molecule has 0 radical (unpaired) electrons. The number of hydrogen-bond donors (Lipinski definition) is 0. The van der Waals surface area contributed by atoms with Crippen molar-refractivity contribution >= 4 is 51.5 Å². The zero-order valence-corrected chi connectivity index (χ0v) is 15.5. The molecule has 0 aliphatic carbocycles. The van der Waals surface area contributed by atoms with E-state index in [4.69, 9.17) is 9.47 Å². The summed E-state index contributed by atoms with van der Waals surface area (Å²) in [5.41, 5.74) is 0.819. The summed E-state index contributed by atoms with van der Waals surface area (Å²) in [5.74, 6) is 3.04. The van der Waals surface area contributed by atoms with Gasteiger partial charge in [-0.1, -0.05) is 0 Å². The number of thiophene rings is 1. The van der Waals surface area contributed by atoms with Crippen molar-refractivity contribution < 1.29 is 14.3 Å². The Bertz CT molecular complexity index is 658. The van der Waals surface area contributed by atoms with Gasteiger partial charge in [-0.25, -0.2) is 4.98 Å². The highest BCUT2D eigenvalue weighted by molar-refractivity contribution is 8.18. The Morgan fingerprint density at radius 2 is 1.91 bits per heavy atom. The fourth-order valence-corrected chi connectivity index (χ4v) is 7.27. The first kappa shape index (κ1) is 16.9. The lowest BCUT2D eigenvalue weighted by atomic mass is 10.2. The van der Waals surface area contributed by atoms with Crippen LogP contribution in [0.4, 0.5) is 0 Å². The summed E-state index contributed by atoms with van der Waals surface area (Å²) in [6.45, 7) is 0. The van der Waals surface area contributed by atoms with Crippen LogP contribution in [0.15, 0.2) is 6.07 Å². The lowest BCUT2D eigenvalue weighted by Crippen LogP contribution is -2.21. The van der Waals surface area contributed by atoms with Gasteiger partial charge >= 0.3 is 0 Å². The summed E-state index contributed by atoms with van der Waals surface area (Å²) in [7, 11) is 3.12. The first-order valence-electron chi connectivity index (χ1n) is 7.34. The zero-order chi connectivity index (χ0) is 16.3. The van der Waals surface area contributed by atoms with Gasteiger partial charge in [0.15, 0.2) is 0 Å². The standard InChI is InChI=1S/C15H18N2O3S3/c1-19-12-13(20-2)17-14-10(16-12)9-11(23-14)15(5-3-6-18)21-7-4-8-22-15/h6,9H,3-5,7-8H2,1-2H3. The lowest BCUT2D eigenvalue weighted by molar-refractivity contribution is -0.107. The minimum Gasteiger partial charge on any atom is -0.477 e. The molecule has 1 aliphatic rings. The molecule has 2 aromatic rings. The van der Waals surface area contributed by atoms with Crippen molar-refractivity contribution in [2.45, 2.75) is 23.3 Å². The summed E-state index contributed by atoms with van der Waals surface area (Å²) in [5, 5.41) is 0. The van der Waals surface area contributed by atoms with Crippen molar-refractivity contribution in [2.24, 2.45) is 0 Å². The van der Waals surface area contributed by atoms with Crippen LogP contribution in [0.3, 0.4) is 0 Å².